The predicted octanol–water partition coefficient (Wildman–Crippen LogP) is -0.666. The number of carbonyl (C=O) groups is 1. The summed E-state index contributed by atoms with van der Waals surface area (Å²) in [6, 6.07) is -0.191. The number of ether oxygens (including phenoxy) is 1. The molecular formula is C11H20N2O3. The molecule has 2 aliphatic rings. The first-order valence-electron chi connectivity index (χ1n) is 5.98. The van der Waals surface area contributed by atoms with E-state index in [1.165, 1.54) is 0 Å². The number of hydrogen-bond acceptors (Lipinski definition) is 4. The Balaban J connectivity index is 2.01. The van der Waals surface area contributed by atoms with Crippen molar-refractivity contribution < 1.29 is 14.6 Å². The third-order valence-corrected chi connectivity index (χ3v) is 3.61. The van der Waals surface area contributed by atoms with Crippen LogP contribution in [-0.4, -0.2) is 54.4 Å². The fourth-order valence-corrected chi connectivity index (χ4v) is 2.60. The lowest BCUT2D eigenvalue weighted by atomic mass is 10.0. The van der Waals surface area contributed by atoms with Gasteiger partial charge in [0.1, 0.15) is 0 Å². The first-order chi connectivity index (χ1) is 7.74. The summed E-state index contributed by atoms with van der Waals surface area (Å²) in [5.41, 5.74) is 5.93. The Kier molecular flexibility index (Phi) is 3.78. The summed E-state index contributed by atoms with van der Waals surface area (Å²) < 4.78 is 5.26. The summed E-state index contributed by atoms with van der Waals surface area (Å²) in [4.78, 5) is 14.0. The van der Waals surface area contributed by atoms with Crippen LogP contribution in [0, 0.1) is 5.92 Å². The van der Waals surface area contributed by atoms with E-state index in [0.29, 0.717) is 19.8 Å². The quantitative estimate of drug-likeness (QED) is 0.657. The summed E-state index contributed by atoms with van der Waals surface area (Å²) in [5.74, 6) is 0.0551. The van der Waals surface area contributed by atoms with Crippen LogP contribution in [0.1, 0.15) is 19.3 Å². The number of nitrogens with two attached hydrogens (primary N) is 1. The van der Waals surface area contributed by atoms with Crippen molar-refractivity contribution in [1.82, 2.24) is 4.90 Å². The third-order valence-electron chi connectivity index (χ3n) is 3.61. The van der Waals surface area contributed by atoms with Gasteiger partial charge in [-0.05, 0) is 12.8 Å². The topological polar surface area (TPSA) is 75.8 Å². The first kappa shape index (κ1) is 11.8. The second-order valence-electron chi connectivity index (χ2n) is 4.64. The molecule has 0 spiro atoms. The number of aliphatic hydroxyl groups is 1. The zero-order valence-electron chi connectivity index (χ0n) is 9.47. The Labute approximate surface area is 95.5 Å². The lowest BCUT2D eigenvalue weighted by Crippen LogP contribution is -2.53. The number of carbonyl (C=O) groups excluding carboxylic acids is 1. The van der Waals surface area contributed by atoms with Crippen LogP contribution in [0.25, 0.3) is 0 Å². The second kappa shape index (κ2) is 5.12. The standard InChI is InChI=1S/C11H20N2O3/c12-10-3-1-2-9(10)11(15)13-4-5-16-7-8(13)6-14/h8-10,14H,1-7,12H2. The van der Waals surface area contributed by atoms with Gasteiger partial charge in [0.2, 0.25) is 5.91 Å². The minimum atomic E-state index is -0.186. The van der Waals surface area contributed by atoms with Gasteiger partial charge in [0.05, 0.1) is 31.8 Å². The van der Waals surface area contributed by atoms with Crippen LogP contribution in [0.3, 0.4) is 0 Å². The third kappa shape index (κ3) is 2.21. The lowest BCUT2D eigenvalue weighted by Gasteiger charge is -2.36. The van der Waals surface area contributed by atoms with E-state index in [4.69, 9.17) is 10.5 Å². The molecule has 0 radical (unpaired) electrons. The number of rotatable bonds is 2. The molecule has 1 saturated carbocycles. The van der Waals surface area contributed by atoms with Gasteiger partial charge in [0.25, 0.3) is 0 Å². The molecule has 1 aliphatic heterocycles. The fourth-order valence-electron chi connectivity index (χ4n) is 2.60. The number of hydrogen-bond donors (Lipinski definition) is 2. The van der Waals surface area contributed by atoms with E-state index < -0.39 is 0 Å². The maximum Gasteiger partial charge on any atom is 0.227 e. The van der Waals surface area contributed by atoms with Crippen molar-refractivity contribution in [2.24, 2.45) is 11.7 Å². The smallest absolute Gasteiger partial charge is 0.227 e. The largest absolute Gasteiger partial charge is 0.394 e. The zero-order chi connectivity index (χ0) is 11.5. The van der Waals surface area contributed by atoms with Crippen LogP contribution < -0.4 is 5.73 Å². The maximum atomic E-state index is 12.3. The van der Waals surface area contributed by atoms with E-state index >= 15 is 0 Å². The van der Waals surface area contributed by atoms with E-state index in [9.17, 15) is 9.90 Å². The minimum absolute atomic E-state index is 0.00492. The maximum absolute atomic E-state index is 12.3. The van der Waals surface area contributed by atoms with E-state index in [2.05, 4.69) is 0 Å². The fraction of sp³-hybridized carbons (Fsp3) is 0.909. The van der Waals surface area contributed by atoms with Gasteiger partial charge in [0.15, 0.2) is 0 Å². The number of aliphatic hydroxyl groups excluding tert-OH is 1. The van der Waals surface area contributed by atoms with Gasteiger partial charge in [-0.15, -0.1) is 0 Å². The van der Waals surface area contributed by atoms with Gasteiger partial charge in [-0.2, -0.15) is 0 Å². The van der Waals surface area contributed by atoms with Crippen molar-refractivity contribution in [2.75, 3.05) is 26.4 Å². The summed E-state index contributed by atoms with van der Waals surface area (Å²) in [7, 11) is 0. The summed E-state index contributed by atoms with van der Waals surface area (Å²) >= 11 is 0. The number of morpholine rings is 1. The van der Waals surface area contributed by atoms with Crippen LogP contribution in [0.2, 0.25) is 0 Å². The average Bonchev–Trinajstić information content (AvgIpc) is 2.74. The highest BCUT2D eigenvalue weighted by atomic mass is 16.5. The normalized spacial score (nSPS) is 35.4. The van der Waals surface area contributed by atoms with Crippen molar-refractivity contribution in [3.63, 3.8) is 0 Å². The van der Waals surface area contributed by atoms with Crippen LogP contribution in [0.4, 0.5) is 0 Å². The predicted molar refractivity (Wildman–Crippen MR) is 58.7 cm³/mol. The molecule has 1 amide bonds. The van der Waals surface area contributed by atoms with Gasteiger partial charge in [-0.25, -0.2) is 0 Å². The Morgan fingerprint density at radius 3 is 2.94 bits per heavy atom. The van der Waals surface area contributed by atoms with Crippen molar-refractivity contribution in [3.05, 3.63) is 0 Å². The van der Waals surface area contributed by atoms with Crippen LogP contribution >= 0.6 is 0 Å². The van der Waals surface area contributed by atoms with E-state index in [-0.39, 0.29) is 30.5 Å². The van der Waals surface area contributed by atoms with Gasteiger partial charge < -0.3 is 20.5 Å². The van der Waals surface area contributed by atoms with Gasteiger partial charge >= 0.3 is 0 Å². The first-order valence-corrected chi connectivity index (χ1v) is 5.98. The summed E-state index contributed by atoms with van der Waals surface area (Å²) in [5, 5.41) is 9.21. The van der Waals surface area contributed by atoms with Gasteiger partial charge in [0, 0.05) is 12.6 Å². The SMILES string of the molecule is NC1CCCC1C(=O)N1CCOCC1CO. The Bertz CT molecular complexity index is 260. The van der Waals surface area contributed by atoms with Crippen LogP contribution in [-0.2, 0) is 9.53 Å². The van der Waals surface area contributed by atoms with Crippen LogP contribution in [0.5, 0.6) is 0 Å². The molecule has 5 heteroatoms. The van der Waals surface area contributed by atoms with Gasteiger partial charge in [-0.3, -0.25) is 4.79 Å². The molecule has 2 fully saturated rings. The molecule has 3 atom stereocenters. The zero-order valence-corrected chi connectivity index (χ0v) is 9.47. The molecule has 0 aromatic carbocycles. The second-order valence-corrected chi connectivity index (χ2v) is 4.64. The van der Waals surface area contributed by atoms with Crippen molar-refractivity contribution in [2.45, 2.75) is 31.3 Å². The number of nitrogens with zero attached hydrogens (tertiary/aromatic N) is 1. The summed E-state index contributed by atoms with van der Waals surface area (Å²) in [6.07, 6.45) is 2.85. The molecule has 0 bridgehead atoms. The van der Waals surface area contributed by atoms with Crippen molar-refractivity contribution in [1.29, 1.82) is 0 Å². The van der Waals surface area contributed by atoms with Crippen LogP contribution in [0.15, 0.2) is 0 Å². The molecule has 0 aromatic heterocycles. The molecule has 16 heavy (non-hydrogen) atoms. The number of amides is 1. The van der Waals surface area contributed by atoms with Gasteiger partial charge in [-0.1, -0.05) is 6.42 Å². The average molecular weight is 228 g/mol. The Hall–Kier alpha value is -0.650. The highest BCUT2D eigenvalue weighted by molar-refractivity contribution is 5.80. The minimum Gasteiger partial charge on any atom is -0.394 e. The van der Waals surface area contributed by atoms with E-state index in [1.54, 1.807) is 4.90 Å². The molecule has 5 nitrogen and oxygen atoms in total. The Morgan fingerprint density at radius 1 is 1.50 bits per heavy atom. The molecule has 0 aromatic rings. The molecule has 1 saturated heterocycles. The highest BCUT2D eigenvalue weighted by Gasteiger charge is 2.36. The van der Waals surface area contributed by atoms with Crippen molar-refractivity contribution >= 4 is 5.91 Å². The molecule has 1 heterocycles. The Morgan fingerprint density at radius 2 is 2.31 bits per heavy atom. The van der Waals surface area contributed by atoms with Crippen molar-refractivity contribution in [3.8, 4) is 0 Å². The highest BCUT2D eigenvalue weighted by Crippen LogP contribution is 2.27. The lowest BCUT2D eigenvalue weighted by molar-refractivity contribution is -0.146. The molecule has 92 valence electrons. The molecule has 3 unspecified atom stereocenters. The molecule has 1 aliphatic carbocycles. The van der Waals surface area contributed by atoms with E-state index in [0.717, 1.165) is 19.3 Å². The monoisotopic (exact) mass is 228 g/mol. The summed E-state index contributed by atoms with van der Waals surface area (Å²) in [6.45, 7) is 1.54. The van der Waals surface area contributed by atoms with E-state index in [1.807, 2.05) is 0 Å². The molecular weight excluding hydrogens is 208 g/mol. The molecule has 3 N–H and O–H groups in total. The molecule has 2 rings (SSSR count).